The van der Waals surface area contributed by atoms with Crippen LogP contribution in [0.2, 0.25) is 0 Å². The Labute approximate surface area is 105 Å². The Bertz CT molecular complexity index is 534. The van der Waals surface area contributed by atoms with Crippen LogP contribution >= 0.6 is 11.3 Å². The third-order valence-electron chi connectivity index (χ3n) is 2.64. The van der Waals surface area contributed by atoms with Crippen molar-refractivity contribution in [2.45, 2.75) is 20.4 Å². The van der Waals surface area contributed by atoms with Gasteiger partial charge in [0.1, 0.15) is 10.8 Å². The summed E-state index contributed by atoms with van der Waals surface area (Å²) in [4.78, 5) is 4.51. The monoisotopic (exact) mass is 248 g/mol. The second kappa shape index (κ2) is 4.85. The van der Waals surface area contributed by atoms with Crippen LogP contribution in [-0.2, 0) is 6.54 Å². The fraction of sp³-hybridized carbons (Fsp3) is 0.308. The van der Waals surface area contributed by atoms with Gasteiger partial charge < -0.3 is 10.5 Å². The summed E-state index contributed by atoms with van der Waals surface area (Å²) in [6.45, 7) is 4.62. The summed E-state index contributed by atoms with van der Waals surface area (Å²) in [7, 11) is 1.69. The van der Waals surface area contributed by atoms with Crippen molar-refractivity contribution in [1.82, 2.24) is 4.98 Å². The summed E-state index contributed by atoms with van der Waals surface area (Å²) in [5, 5.41) is 2.97. The minimum Gasteiger partial charge on any atom is -0.496 e. The van der Waals surface area contributed by atoms with Gasteiger partial charge in [-0.25, -0.2) is 4.98 Å². The van der Waals surface area contributed by atoms with Crippen LogP contribution in [0, 0.1) is 13.8 Å². The van der Waals surface area contributed by atoms with Gasteiger partial charge in [0.15, 0.2) is 0 Å². The van der Waals surface area contributed by atoms with E-state index in [1.807, 2.05) is 11.4 Å². The van der Waals surface area contributed by atoms with Crippen molar-refractivity contribution in [3.8, 4) is 16.3 Å². The molecule has 0 bridgehead atoms. The Hall–Kier alpha value is -1.39. The summed E-state index contributed by atoms with van der Waals surface area (Å²) in [6, 6.07) is 4.17. The van der Waals surface area contributed by atoms with E-state index in [2.05, 4.69) is 24.9 Å². The van der Waals surface area contributed by atoms with Gasteiger partial charge in [-0.05, 0) is 31.0 Å². The van der Waals surface area contributed by atoms with Crippen LogP contribution in [0.15, 0.2) is 17.5 Å². The molecule has 90 valence electrons. The van der Waals surface area contributed by atoms with Crippen molar-refractivity contribution in [3.05, 3.63) is 34.3 Å². The van der Waals surface area contributed by atoms with E-state index in [4.69, 9.17) is 10.5 Å². The molecule has 0 aliphatic rings. The maximum Gasteiger partial charge on any atom is 0.129 e. The topological polar surface area (TPSA) is 48.1 Å². The highest BCUT2D eigenvalue weighted by Gasteiger charge is 2.13. The Morgan fingerprint density at radius 3 is 2.71 bits per heavy atom. The van der Waals surface area contributed by atoms with E-state index in [0.717, 1.165) is 22.0 Å². The van der Waals surface area contributed by atoms with Gasteiger partial charge >= 0.3 is 0 Å². The number of methoxy groups -OCH3 is 1. The zero-order valence-corrected chi connectivity index (χ0v) is 11.1. The highest BCUT2D eigenvalue weighted by atomic mass is 32.1. The molecule has 3 nitrogen and oxygen atoms in total. The number of aryl methyl sites for hydroxylation is 2. The molecule has 0 atom stereocenters. The lowest BCUT2D eigenvalue weighted by molar-refractivity contribution is 0.416. The third-order valence-corrected chi connectivity index (χ3v) is 3.55. The number of ether oxygens (including phenoxy) is 1. The van der Waals surface area contributed by atoms with Crippen LogP contribution < -0.4 is 10.5 Å². The third kappa shape index (κ3) is 2.33. The number of aromatic nitrogens is 1. The van der Waals surface area contributed by atoms with E-state index >= 15 is 0 Å². The fourth-order valence-electron chi connectivity index (χ4n) is 1.88. The van der Waals surface area contributed by atoms with Crippen LogP contribution in [0.5, 0.6) is 5.75 Å². The molecule has 4 heteroatoms. The number of nitrogens with zero attached hydrogens (tertiary/aromatic N) is 1. The average Bonchev–Trinajstić information content (AvgIpc) is 2.76. The summed E-state index contributed by atoms with van der Waals surface area (Å²) in [5.41, 5.74) is 9.96. The predicted octanol–water partition coefficient (Wildman–Crippen LogP) is 2.89. The van der Waals surface area contributed by atoms with E-state index in [9.17, 15) is 0 Å². The number of rotatable bonds is 3. The van der Waals surface area contributed by atoms with E-state index in [0.29, 0.717) is 6.54 Å². The van der Waals surface area contributed by atoms with Crippen LogP contribution in [0.25, 0.3) is 10.6 Å². The first-order chi connectivity index (χ1) is 8.15. The molecule has 0 saturated carbocycles. The van der Waals surface area contributed by atoms with Crippen LogP contribution in [0.4, 0.5) is 0 Å². The predicted molar refractivity (Wildman–Crippen MR) is 71.5 cm³/mol. The standard InChI is InChI=1S/C13H16N2OS/c1-8-4-9(2)12(11(5-8)16-3)13-15-10(6-14)7-17-13/h4-5,7H,6,14H2,1-3H3. The SMILES string of the molecule is COc1cc(C)cc(C)c1-c1nc(CN)cs1. The van der Waals surface area contributed by atoms with Crippen molar-refractivity contribution < 1.29 is 4.74 Å². The molecular formula is C13H16N2OS. The minimum atomic E-state index is 0.476. The first-order valence-corrected chi connectivity index (χ1v) is 6.33. The lowest BCUT2D eigenvalue weighted by Crippen LogP contribution is -1.97. The summed E-state index contributed by atoms with van der Waals surface area (Å²) >= 11 is 1.61. The molecule has 2 aromatic rings. The van der Waals surface area contributed by atoms with Crippen LogP contribution in [-0.4, -0.2) is 12.1 Å². The number of hydrogen-bond acceptors (Lipinski definition) is 4. The van der Waals surface area contributed by atoms with Gasteiger partial charge in [0.25, 0.3) is 0 Å². The number of thiazole rings is 1. The Morgan fingerprint density at radius 1 is 1.35 bits per heavy atom. The number of hydrogen-bond donors (Lipinski definition) is 1. The lowest BCUT2D eigenvalue weighted by Gasteiger charge is -2.10. The molecular weight excluding hydrogens is 232 g/mol. The molecule has 17 heavy (non-hydrogen) atoms. The molecule has 1 aromatic heterocycles. The molecule has 2 N–H and O–H groups in total. The Morgan fingerprint density at radius 2 is 2.12 bits per heavy atom. The highest BCUT2D eigenvalue weighted by Crippen LogP contribution is 2.35. The maximum atomic E-state index is 5.59. The summed E-state index contributed by atoms with van der Waals surface area (Å²) in [6.07, 6.45) is 0. The zero-order valence-electron chi connectivity index (χ0n) is 10.3. The fourth-order valence-corrected chi connectivity index (χ4v) is 2.83. The number of benzene rings is 1. The molecule has 0 radical (unpaired) electrons. The smallest absolute Gasteiger partial charge is 0.129 e. The molecule has 0 aliphatic carbocycles. The van der Waals surface area contributed by atoms with Crippen LogP contribution in [0.1, 0.15) is 16.8 Å². The van der Waals surface area contributed by atoms with E-state index < -0.39 is 0 Å². The van der Waals surface area contributed by atoms with Crippen molar-refractivity contribution in [2.75, 3.05) is 7.11 Å². The Kier molecular flexibility index (Phi) is 3.45. The normalized spacial score (nSPS) is 10.6. The number of nitrogens with two attached hydrogens (primary N) is 1. The molecule has 0 saturated heterocycles. The molecule has 0 spiro atoms. The summed E-state index contributed by atoms with van der Waals surface area (Å²) in [5.74, 6) is 0.875. The minimum absolute atomic E-state index is 0.476. The van der Waals surface area contributed by atoms with E-state index in [1.165, 1.54) is 11.1 Å². The molecule has 0 amide bonds. The van der Waals surface area contributed by atoms with Gasteiger partial charge in [0.2, 0.25) is 0 Å². The van der Waals surface area contributed by atoms with Gasteiger partial charge in [-0.3, -0.25) is 0 Å². The van der Waals surface area contributed by atoms with Gasteiger partial charge in [0.05, 0.1) is 18.4 Å². The van der Waals surface area contributed by atoms with Crippen molar-refractivity contribution in [1.29, 1.82) is 0 Å². The van der Waals surface area contributed by atoms with Gasteiger partial charge in [-0.2, -0.15) is 0 Å². The molecule has 1 heterocycles. The maximum absolute atomic E-state index is 5.59. The Balaban J connectivity index is 2.57. The summed E-state index contributed by atoms with van der Waals surface area (Å²) < 4.78 is 5.44. The van der Waals surface area contributed by atoms with Crippen LogP contribution in [0.3, 0.4) is 0 Å². The van der Waals surface area contributed by atoms with Crippen molar-refractivity contribution >= 4 is 11.3 Å². The van der Waals surface area contributed by atoms with Gasteiger partial charge in [0, 0.05) is 11.9 Å². The molecule has 2 rings (SSSR count). The first kappa shape index (κ1) is 12.1. The quantitative estimate of drug-likeness (QED) is 0.908. The van der Waals surface area contributed by atoms with Crippen molar-refractivity contribution in [2.24, 2.45) is 5.73 Å². The van der Waals surface area contributed by atoms with E-state index in [1.54, 1.807) is 18.4 Å². The second-order valence-corrected chi connectivity index (χ2v) is 4.87. The lowest BCUT2D eigenvalue weighted by atomic mass is 10.0. The molecule has 1 aromatic carbocycles. The second-order valence-electron chi connectivity index (χ2n) is 4.01. The zero-order chi connectivity index (χ0) is 12.4. The molecule has 0 fully saturated rings. The molecule has 0 unspecified atom stereocenters. The largest absolute Gasteiger partial charge is 0.496 e. The average molecular weight is 248 g/mol. The van der Waals surface area contributed by atoms with Gasteiger partial charge in [-0.15, -0.1) is 11.3 Å². The highest BCUT2D eigenvalue weighted by molar-refractivity contribution is 7.13. The van der Waals surface area contributed by atoms with Gasteiger partial charge in [-0.1, -0.05) is 6.07 Å². The van der Waals surface area contributed by atoms with E-state index in [-0.39, 0.29) is 0 Å². The molecule has 0 aliphatic heterocycles. The van der Waals surface area contributed by atoms with Crippen molar-refractivity contribution in [3.63, 3.8) is 0 Å². The first-order valence-electron chi connectivity index (χ1n) is 5.45.